The number of carbonyl (C=O) groups is 2. The van der Waals surface area contributed by atoms with Crippen LogP contribution in [0.15, 0.2) is 40.7 Å². The Hall–Kier alpha value is -2.49. The Bertz CT molecular complexity index is 1010. The third-order valence-corrected chi connectivity index (χ3v) is 7.66. The summed E-state index contributed by atoms with van der Waals surface area (Å²) in [6, 6.07) is 5.85. The van der Waals surface area contributed by atoms with E-state index < -0.39 is 0 Å². The lowest BCUT2D eigenvalue weighted by atomic mass is 9.89. The molecule has 1 aromatic carbocycles. The van der Waals surface area contributed by atoms with Crippen LogP contribution in [-0.4, -0.2) is 22.3 Å². The first kappa shape index (κ1) is 28.7. The highest BCUT2D eigenvalue weighted by molar-refractivity contribution is 6.06. The van der Waals surface area contributed by atoms with Gasteiger partial charge in [0.2, 0.25) is 5.91 Å². The van der Waals surface area contributed by atoms with E-state index in [0.717, 1.165) is 40.2 Å². The number of carbonyl (C=O) groups excluding carboxylic acids is 2. The lowest BCUT2D eigenvalue weighted by Gasteiger charge is -2.28. The van der Waals surface area contributed by atoms with Crippen molar-refractivity contribution in [1.29, 1.82) is 0 Å². The number of hydrogen-bond donors (Lipinski definition) is 0. The molecule has 0 bridgehead atoms. The summed E-state index contributed by atoms with van der Waals surface area (Å²) < 4.78 is 0. The van der Waals surface area contributed by atoms with Crippen LogP contribution in [0.1, 0.15) is 117 Å². The van der Waals surface area contributed by atoms with E-state index in [1.165, 1.54) is 25.7 Å². The molecule has 3 unspecified atom stereocenters. The van der Waals surface area contributed by atoms with Gasteiger partial charge in [0, 0.05) is 41.4 Å². The van der Waals surface area contributed by atoms with Crippen molar-refractivity contribution < 1.29 is 9.59 Å². The lowest BCUT2D eigenvalue weighted by molar-refractivity contribution is -0.132. The van der Waals surface area contributed by atoms with Crippen LogP contribution >= 0.6 is 0 Å². The van der Waals surface area contributed by atoms with Crippen LogP contribution in [0.4, 0.5) is 5.69 Å². The van der Waals surface area contributed by atoms with Crippen molar-refractivity contribution in [2.45, 2.75) is 101 Å². The van der Waals surface area contributed by atoms with E-state index in [4.69, 9.17) is 4.99 Å². The third-order valence-electron chi connectivity index (χ3n) is 7.66. The van der Waals surface area contributed by atoms with Crippen molar-refractivity contribution in [3.05, 3.63) is 46.8 Å². The van der Waals surface area contributed by atoms with Crippen molar-refractivity contribution in [2.75, 3.05) is 0 Å². The van der Waals surface area contributed by atoms with Gasteiger partial charge in [-0.15, -0.1) is 0 Å². The van der Waals surface area contributed by atoms with Crippen molar-refractivity contribution in [2.24, 2.45) is 22.7 Å². The molecule has 1 aliphatic heterocycles. The molecule has 2 rings (SSSR count). The Kier molecular flexibility index (Phi) is 10.7. The van der Waals surface area contributed by atoms with Gasteiger partial charge < -0.3 is 0 Å². The lowest BCUT2D eigenvalue weighted by Crippen LogP contribution is -2.33. The number of rotatable bonds is 10. The fraction of sp³-hybridized carbons (Fsp3) is 0.581. The number of Topliss-reactive ketones (excluding diaryl/α,β-unsaturated/α-hetero) is 1. The smallest absolute Gasteiger partial charge is 0.233 e. The number of amides is 1. The Morgan fingerprint density at radius 1 is 1.14 bits per heavy atom. The summed E-state index contributed by atoms with van der Waals surface area (Å²) in [4.78, 5) is 32.9. The van der Waals surface area contributed by atoms with E-state index in [0.29, 0.717) is 17.9 Å². The van der Waals surface area contributed by atoms with Crippen LogP contribution in [0.25, 0.3) is 5.57 Å². The Morgan fingerprint density at radius 2 is 1.83 bits per heavy atom. The monoisotopic (exact) mass is 478 g/mol. The molecule has 4 nitrogen and oxygen atoms in total. The molecule has 4 heteroatoms. The molecule has 0 radical (unpaired) electrons. The topological polar surface area (TPSA) is 49.7 Å². The fourth-order valence-electron chi connectivity index (χ4n) is 4.38. The van der Waals surface area contributed by atoms with Crippen LogP contribution < -0.4 is 0 Å². The van der Waals surface area contributed by atoms with E-state index in [1.807, 2.05) is 70.8 Å². The van der Waals surface area contributed by atoms with Gasteiger partial charge in [-0.1, -0.05) is 65.0 Å². The number of nitrogens with zero attached hydrogens (tertiary/aromatic N) is 2. The molecule has 35 heavy (non-hydrogen) atoms. The van der Waals surface area contributed by atoms with Crippen LogP contribution in [0.5, 0.6) is 0 Å². The first-order valence-electron chi connectivity index (χ1n) is 13.4. The van der Waals surface area contributed by atoms with E-state index >= 15 is 0 Å². The van der Waals surface area contributed by atoms with Gasteiger partial charge in [-0.05, 0) is 70.2 Å². The van der Waals surface area contributed by atoms with Gasteiger partial charge in [0.25, 0.3) is 0 Å². The highest BCUT2D eigenvalue weighted by atomic mass is 16.2. The predicted molar refractivity (Wildman–Crippen MR) is 149 cm³/mol. The van der Waals surface area contributed by atoms with Crippen molar-refractivity contribution >= 4 is 28.7 Å². The van der Waals surface area contributed by atoms with Crippen molar-refractivity contribution in [1.82, 2.24) is 4.90 Å². The second-order valence-corrected chi connectivity index (χ2v) is 10.7. The minimum absolute atomic E-state index is 0.0617. The first-order valence-corrected chi connectivity index (χ1v) is 13.4. The van der Waals surface area contributed by atoms with Gasteiger partial charge >= 0.3 is 0 Å². The standard InChI is InChI=1S/C31H46N2O2/c1-10-11-12-13-14-21(4)24(7)31(35)33(26(9)20(2)3)19-23(6)27-15-16-28-29(18-27)32-25(8)22(5)17-30(28)34/h15-16,18-19,21-22,24H,10-14,17H2,1-9H3. The Labute approximate surface area is 213 Å². The number of allylic oxidation sites excluding steroid dienone is 3. The van der Waals surface area contributed by atoms with Gasteiger partial charge in [-0.2, -0.15) is 0 Å². The molecule has 0 N–H and O–H groups in total. The summed E-state index contributed by atoms with van der Waals surface area (Å²) in [5, 5.41) is 0. The van der Waals surface area contributed by atoms with Gasteiger partial charge in [0.05, 0.1) is 5.69 Å². The fourth-order valence-corrected chi connectivity index (χ4v) is 4.38. The molecule has 0 saturated heterocycles. The second kappa shape index (κ2) is 13.0. The molecule has 0 aromatic heterocycles. The zero-order valence-electron chi connectivity index (χ0n) is 23.5. The molecule has 0 saturated carbocycles. The predicted octanol–water partition coefficient (Wildman–Crippen LogP) is 8.75. The average Bonchev–Trinajstić information content (AvgIpc) is 2.93. The van der Waals surface area contributed by atoms with E-state index in [-0.39, 0.29) is 23.5 Å². The average molecular weight is 479 g/mol. The molecule has 1 aliphatic rings. The molecule has 192 valence electrons. The molecule has 1 amide bonds. The van der Waals surface area contributed by atoms with Crippen LogP contribution in [0.2, 0.25) is 0 Å². The Balaban J connectivity index is 2.36. The summed E-state index contributed by atoms with van der Waals surface area (Å²) in [6.45, 7) is 18.7. The van der Waals surface area contributed by atoms with E-state index in [1.54, 1.807) is 0 Å². The second-order valence-electron chi connectivity index (χ2n) is 10.7. The van der Waals surface area contributed by atoms with Gasteiger partial charge in [-0.3, -0.25) is 19.5 Å². The van der Waals surface area contributed by atoms with Crippen LogP contribution in [-0.2, 0) is 4.79 Å². The molecule has 1 heterocycles. The zero-order valence-corrected chi connectivity index (χ0v) is 23.5. The summed E-state index contributed by atoms with van der Waals surface area (Å²) in [5.41, 5.74) is 6.43. The van der Waals surface area contributed by atoms with E-state index in [9.17, 15) is 9.59 Å². The number of fused-ring (bicyclic) bond motifs is 1. The highest BCUT2D eigenvalue weighted by Crippen LogP contribution is 2.32. The number of hydrogen-bond acceptors (Lipinski definition) is 3. The van der Waals surface area contributed by atoms with Gasteiger partial charge in [0.15, 0.2) is 5.78 Å². The molecule has 1 aromatic rings. The number of benzene rings is 1. The summed E-state index contributed by atoms with van der Waals surface area (Å²) in [7, 11) is 0. The molecule has 0 spiro atoms. The third kappa shape index (κ3) is 7.49. The maximum Gasteiger partial charge on any atom is 0.233 e. The minimum atomic E-state index is -0.0617. The number of ketones is 1. The minimum Gasteiger partial charge on any atom is -0.294 e. The quantitative estimate of drug-likeness (QED) is 0.316. The Morgan fingerprint density at radius 3 is 2.46 bits per heavy atom. The van der Waals surface area contributed by atoms with Gasteiger partial charge in [-0.25, -0.2) is 0 Å². The summed E-state index contributed by atoms with van der Waals surface area (Å²) >= 11 is 0. The van der Waals surface area contributed by atoms with Crippen molar-refractivity contribution in [3.63, 3.8) is 0 Å². The van der Waals surface area contributed by atoms with Crippen molar-refractivity contribution in [3.8, 4) is 0 Å². The van der Waals surface area contributed by atoms with E-state index in [2.05, 4.69) is 20.8 Å². The SMILES string of the molecule is CCCCCCC(C)C(C)C(=O)N(C=C(C)c1ccc2c(c1)N=C(C)C(C)CC2=O)C(C)=C(C)C. The zero-order chi connectivity index (χ0) is 26.3. The molecule has 0 fully saturated rings. The molecular weight excluding hydrogens is 432 g/mol. The maximum absolute atomic E-state index is 13.7. The maximum atomic E-state index is 13.7. The van der Waals surface area contributed by atoms with Crippen LogP contribution in [0, 0.1) is 17.8 Å². The molecular formula is C31H46N2O2. The first-order chi connectivity index (χ1) is 16.5. The number of unbranched alkanes of at least 4 members (excludes halogenated alkanes) is 3. The normalized spacial score (nSPS) is 17.7. The van der Waals surface area contributed by atoms with Gasteiger partial charge in [0.1, 0.15) is 0 Å². The summed E-state index contributed by atoms with van der Waals surface area (Å²) in [5.74, 6) is 0.694. The largest absolute Gasteiger partial charge is 0.294 e. The highest BCUT2D eigenvalue weighted by Gasteiger charge is 2.26. The molecule has 0 aliphatic carbocycles. The summed E-state index contributed by atoms with van der Waals surface area (Å²) in [6.07, 6.45) is 8.42. The van der Waals surface area contributed by atoms with Crippen LogP contribution in [0.3, 0.4) is 0 Å². The molecule has 3 atom stereocenters. The number of aliphatic imine (C=N–C) groups is 1.